The molecule has 0 saturated heterocycles. The van der Waals surface area contributed by atoms with Crippen molar-refractivity contribution < 1.29 is 19.1 Å². The van der Waals surface area contributed by atoms with Crippen LogP contribution < -0.4 is 5.32 Å². The monoisotopic (exact) mass is 339 g/mol. The van der Waals surface area contributed by atoms with Gasteiger partial charge in [-0.3, -0.25) is 4.79 Å². The first-order valence-electron chi connectivity index (χ1n) is 8.30. The molecule has 1 atom stereocenters. The fourth-order valence-corrected chi connectivity index (χ4v) is 3.37. The van der Waals surface area contributed by atoms with Crippen molar-refractivity contribution in [3.8, 4) is 11.1 Å². The van der Waals surface area contributed by atoms with Crippen LogP contribution in [0.25, 0.3) is 11.1 Å². The van der Waals surface area contributed by atoms with E-state index >= 15 is 0 Å². The van der Waals surface area contributed by atoms with E-state index in [1.54, 1.807) is 0 Å². The predicted octanol–water partition coefficient (Wildman–Crippen LogP) is 2.49. The molecule has 0 radical (unpaired) electrons. The molecule has 1 N–H and O–H groups in total. The van der Waals surface area contributed by atoms with Crippen molar-refractivity contribution in [3.05, 3.63) is 59.7 Å². The molecule has 1 amide bonds. The van der Waals surface area contributed by atoms with Gasteiger partial charge in [0, 0.05) is 12.5 Å². The van der Waals surface area contributed by atoms with Crippen LogP contribution in [0.4, 0.5) is 0 Å². The Morgan fingerprint density at radius 1 is 1.04 bits per heavy atom. The van der Waals surface area contributed by atoms with Gasteiger partial charge < -0.3 is 14.8 Å². The molecule has 0 spiro atoms. The van der Waals surface area contributed by atoms with Gasteiger partial charge in [0.15, 0.2) is 0 Å². The Morgan fingerprint density at radius 3 is 2.12 bits per heavy atom. The Balaban J connectivity index is 2.00. The summed E-state index contributed by atoms with van der Waals surface area (Å²) in [5, 5.41) is 2.79. The number of methoxy groups -OCH3 is 1. The number of benzene rings is 2. The van der Waals surface area contributed by atoms with Crippen LogP contribution in [0.5, 0.6) is 0 Å². The van der Waals surface area contributed by atoms with Crippen LogP contribution in [-0.2, 0) is 19.1 Å². The molecule has 0 aromatic heterocycles. The summed E-state index contributed by atoms with van der Waals surface area (Å²) in [6.45, 7) is 2.17. The minimum Gasteiger partial charge on any atom is -0.467 e. The van der Waals surface area contributed by atoms with E-state index in [0.29, 0.717) is 6.61 Å². The van der Waals surface area contributed by atoms with Crippen molar-refractivity contribution in [1.82, 2.24) is 5.32 Å². The number of hydrogen-bond donors (Lipinski definition) is 1. The molecule has 0 fully saturated rings. The van der Waals surface area contributed by atoms with Crippen LogP contribution >= 0.6 is 0 Å². The molecule has 5 heteroatoms. The third kappa shape index (κ3) is 3.28. The molecule has 0 unspecified atom stereocenters. The highest BCUT2D eigenvalue weighted by Gasteiger charge is 2.39. The second kappa shape index (κ2) is 7.49. The van der Waals surface area contributed by atoms with Crippen molar-refractivity contribution in [2.24, 2.45) is 0 Å². The zero-order chi connectivity index (χ0) is 17.8. The zero-order valence-corrected chi connectivity index (χ0v) is 14.3. The number of hydrogen-bond acceptors (Lipinski definition) is 4. The number of nitrogens with one attached hydrogen (secondary N) is 1. The van der Waals surface area contributed by atoms with E-state index in [2.05, 4.69) is 5.32 Å². The molecule has 0 aliphatic heterocycles. The van der Waals surface area contributed by atoms with Crippen LogP contribution in [0, 0.1) is 0 Å². The molecule has 130 valence electrons. The third-order valence-electron chi connectivity index (χ3n) is 4.42. The van der Waals surface area contributed by atoms with Crippen molar-refractivity contribution in [1.29, 1.82) is 0 Å². The number of esters is 1. The van der Waals surface area contributed by atoms with E-state index in [9.17, 15) is 9.59 Å². The van der Waals surface area contributed by atoms with Gasteiger partial charge in [-0.1, -0.05) is 48.5 Å². The van der Waals surface area contributed by atoms with Gasteiger partial charge in [0.2, 0.25) is 5.91 Å². The number of amides is 1. The highest BCUT2D eigenvalue weighted by Crippen LogP contribution is 2.46. The van der Waals surface area contributed by atoms with Gasteiger partial charge in [-0.2, -0.15) is 0 Å². The summed E-state index contributed by atoms with van der Waals surface area (Å²) < 4.78 is 10.1. The van der Waals surface area contributed by atoms with E-state index in [1.165, 1.54) is 7.11 Å². The minimum absolute atomic E-state index is 0.0833. The maximum absolute atomic E-state index is 12.5. The first-order valence-corrected chi connectivity index (χ1v) is 8.30. The molecule has 3 rings (SSSR count). The summed E-state index contributed by atoms with van der Waals surface area (Å²) in [5.41, 5.74) is 4.18. The SMILES string of the molecule is CCOCC(=O)N[C@@H](C(=O)OC)C1c2ccccc2-c2ccccc21. The highest BCUT2D eigenvalue weighted by molar-refractivity contribution is 5.89. The molecule has 5 nitrogen and oxygen atoms in total. The Hall–Kier alpha value is -2.66. The summed E-state index contributed by atoms with van der Waals surface area (Å²) in [5.74, 6) is -1.09. The van der Waals surface area contributed by atoms with Crippen LogP contribution in [0.15, 0.2) is 48.5 Å². The second-order valence-electron chi connectivity index (χ2n) is 5.86. The Morgan fingerprint density at radius 2 is 1.60 bits per heavy atom. The molecule has 2 aromatic rings. The number of carbonyl (C=O) groups excluding carboxylic acids is 2. The summed E-state index contributed by atoms with van der Waals surface area (Å²) in [7, 11) is 1.33. The average Bonchev–Trinajstić information content (AvgIpc) is 2.98. The highest BCUT2D eigenvalue weighted by atomic mass is 16.5. The lowest BCUT2D eigenvalue weighted by atomic mass is 9.89. The Bertz CT molecular complexity index is 741. The summed E-state index contributed by atoms with van der Waals surface area (Å²) in [4.78, 5) is 24.6. The zero-order valence-electron chi connectivity index (χ0n) is 14.3. The number of fused-ring (bicyclic) bond motifs is 3. The molecule has 1 aliphatic carbocycles. The summed E-state index contributed by atoms with van der Waals surface area (Å²) in [6, 6.07) is 15.1. The average molecular weight is 339 g/mol. The van der Waals surface area contributed by atoms with Gasteiger partial charge in [-0.05, 0) is 29.2 Å². The van der Waals surface area contributed by atoms with E-state index < -0.39 is 12.0 Å². The molecule has 25 heavy (non-hydrogen) atoms. The van der Waals surface area contributed by atoms with Gasteiger partial charge in [0.05, 0.1) is 7.11 Å². The lowest BCUT2D eigenvalue weighted by molar-refractivity contribution is -0.146. The smallest absolute Gasteiger partial charge is 0.329 e. The Labute approximate surface area is 147 Å². The van der Waals surface area contributed by atoms with Crippen LogP contribution in [0.2, 0.25) is 0 Å². The normalized spacial score (nSPS) is 13.7. The second-order valence-corrected chi connectivity index (χ2v) is 5.86. The summed E-state index contributed by atoms with van der Waals surface area (Å²) in [6.07, 6.45) is 0. The van der Waals surface area contributed by atoms with E-state index in [4.69, 9.17) is 9.47 Å². The quantitative estimate of drug-likeness (QED) is 0.821. The van der Waals surface area contributed by atoms with Gasteiger partial charge in [0.25, 0.3) is 0 Å². The fraction of sp³-hybridized carbons (Fsp3) is 0.300. The number of rotatable bonds is 6. The van der Waals surface area contributed by atoms with E-state index in [1.807, 2.05) is 55.5 Å². The largest absolute Gasteiger partial charge is 0.467 e. The van der Waals surface area contributed by atoms with Crippen molar-refractivity contribution >= 4 is 11.9 Å². The van der Waals surface area contributed by atoms with Crippen molar-refractivity contribution in [2.75, 3.05) is 20.3 Å². The van der Waals surface area contributed by atoms with Gasteiger partial charge >= 0.3 is 5.97 Å². The molecular weight excluding hydrogens is 318 g/mol. The van der Waals surface area contributed by atoms with Gasteiger partial charge in [-0.15, -0.1) is 0 Å². The van der Waals surface area contributed by atoms with Crippen molar-refractivity contribution in [3.63, 3.8) is 0 Å². The first-order chi connectivity index (χ1) is 12.2. The lowest BCUT2D eigenvalue weighted by Crippen LogP contribution is -2.46. The maximum atomic E-state index is 12.5. The lowest BCUT2D eigenvalue weighted by Gasteiger charge is -2.24. The molecule has 0 heterocycles. The third-order valence-corrected chi connectivity index (χ3v) is 4.42. The topological polar surface area (TPSA) is 64.6 Å². The van der Waals surface area contributed by atoms with Gasteiger partial charge in [0.1, 0.15) is 12.6 Å². The number of carbonyl (C=O) groups is 2. The molecular formula is C20H21NO4. The summed E-state index contributed by atoms with van der Waals surface area (Å²) >= 11 is 0. The standard InChI is InChI=1S/C20H21NO4/c1-3-25-12-17(22)21-19(20(23)24-2)18-15-10-6-4-8-13(15)14-9-5-7-11-16(14)18/h4-11,18-19H,3,12H2,1-2H3,(H,21,22)/t19-/m1/s1. The van der Waals surface area contributed by atoms with E-state index in [-0.39, 0.29) is 18.4 Å². The Kier molecular flexibility index (Phi) is 5.14. The fourth-order valence-electron chi connectivity index (χ4n) is 3.37. The van der Waals surface area contributed by atoms with Crippen LogP contribution in [0.1, 0.15) is 24.0 Å². The van der Waals surface area contributed by atoms with E-state index in [0.717, 1.165) is 22.3 Å². The van der Waals surface area contributed by atoms with Gasteiger partial charge in [-0.25, -0.2) is 4.79 Å². The first kappa shape index (κ1) is 17.2. The molecule has 0 saturated carbocycles. The molecule has 1 aliphatic rings. The number of ether oxygens (including phenoxy) is 2. The van der Waals surface area contributed by atoms with Crippen LogP contribution in [0.3, 0.4) is 0 Å². The van der Waals surface area contributed by atoms with Crippen LogP contribution in [-0.4, -0.2) is 38.2 Å². The predicted molar refractivity (Wildman–Crippen MR) is 94.2 cm³/mol. The maximum Gasteiger partial charge on any atom is 0.329 e. The minimum atomic E-state index is -0.803. The molecule has 2 aromatic carbocycles. The molecule has 0 bridgehead atoms. The van der Waals surface area contributed by atoms with Crippen molar-refractivity contribution in [2.45, 2.75) is 18.9 Å².